The molecular weight excluding hydrogens is 680 g/mol. The zero-order chi connectivity index (χ0) is 37.2. The van der Waals surface area contributed by atoms with E-state index in [0.717, 1.165) is 18.2 Å². The van der Waals surface area contributed by atoms with E-state index in [1.165, 1.54) is 35.2 Å². The van der Waals surface area contributed by atoms with Crippen molar-refractivity contribution >= 4 is 23.5 Å². The average molecular weight is 719 g/mol. The topological polar surface area (TPSA) is 109 Å². The predicted molar refractivity (Wildman–Crippen MR) is 185 cm³/mol. The molecule has 0 spiro atoms. The van der Waals surface area contributed by atoms with Gasteiger partial charge in [-0.25, -0.2) is 9.07 Å². The highest BCUT2D eigenvalue weighted by Gasteiger charge is 2.46. The Kier molecular flexibility index (Phi) is 10.6. The molecule has 3 aromatic carbocycles. The highest BCUT2D eigenvalue weighted by Crippen LogP contribution is 2.44. The van der Waals surface area contributed by atoms with Gasteiger partial charge in [0, 0.05) is 48.3 Å². The minimum Gasteiger partial charge on any atom is -0.379 e. The molecule has 1 saturated heterocycles. The fraction of sp³-hybridized carbons (Fsp3) is 0.316. The maximum Gasteiger partial charge on any atom is 0.416 e. The largest absolute Gasteiger partial charge is 0.416 e. The number of amides is 3. The molecule has 3 atom stereocenters. The first kappa shape index (κ1) is 36.5. The fourth-order valence-corrected chi connectivity index (χ4v) is 6.70. The Morgan fingerprint density at radius 1 is 1.02 bits per heavy atom. The zero-order valence-electron chi connectivity index (χ0n) is 28.6. The molecule has 52 heavy (non-hydrogen) atoms. The molecule has 0 bridgehead atoms. The molecule has 272 valence electrons. The van der Waals surface area contributed by atoms with Gasteiger partial charge in [0.05, 0.1) is 36.7 Å². The van der Waals surface area contributed by atoms with E-state index in [0.29, 0.717) is 60.2 Å². The third-order valence-corrected chi connectivity index (χ3v) is 9.50. The molecular formula is C38H38F4N6O4. The van der Waals surface area contributed by atoms with E-state index >= 15 is 0 Å². The van der Waals surface area contributed by atoms with Crippen LogP contribution in [0.25, 0.3) is 5.69 Å². The number of likely N-dealkylation sites (N-methyl/N-ethyl adjacent to an activating group) is 1. The van der Waals surface area contributed by atoms with Crippen molar-refractivity contribution in [2.45, 2.75) is 44.6 Å². The standard InChI is InChI=1S/C38H38F4N6O4/c1-4-47-36-32(30(45-48(36)29-11-6-5-7-12-29)22-43-34(49)23(2)24(3)46-17-19-52-20-18-46)31(25-13-15-28(39)16-14-25)33(37(47)51)44-35(50)26-9-8-10-27(21-26)38(40,41)42/h5-16,21,24,31,33H,2,4,17-20,22H2,1,3H3,(H,43,49)(H,44,50)/t24?,31-,33+/m1/s1. The first-order chi connectivity index (χ1) is 24.9. The molecule has 2 aliphatic heterocycles. The highest BCUT2D eigenvalue weighted by atomic mass is 19.4. The van der Waals surface area contributed by atoms with Crippen molar-refractivity contribution in [1.29, 1.82) is 0 Å². The van der Waals surface area contributed by atoms with Gasteiger partial charge in [0.15, 0.2) is 0 Å². The van der Waals surface area contributed by atoms with Crippen molar-refractivity contribution in [3.63, 3.8) is 0 Å². The van der Waals surface area contributed by atoms with Crippen LogP contribution in [0.2, 0.25) is 0 Å². The van der Waals surface area contributed by atoms with Crippen LogP contribution < -0.4 is 15.5 Å². The molecule has 4 aromatic rings. The van der Waals surface area contributed by atoms with Crippen LogP contribution in [-0.4, -0.2) is 77.3 Å². The number of nitrogens with zero attached hydrogens (tertiary/aromatic N) is 4. The van der Waals surface area contributed by atoms with Crippen molar-refractivity contribution in [2.75, 3.05) is 37.7 Å². The number of anilines is 1. The number of aromatic nitrogens is 2. The Labute approximate surface area is 298 Å². The Morgan fingerprint density at radius 3 is 2.37 bits per heavy atom. The number of fused-ring (bicyclic) bond motifs is 1. The number of hydrogen-bond acceptors (Lipinski definition) is 6. The quantitative estimate of drug-likeness (QED) is 0.172. The number of nitrogens with one attached hydrogen (secondary N) is 2. The van der Waals surface area contributed by atoms with Crippen LogP contribution in [0.1, 0.15) is 52.5 Å². The Hall–Kier alpha value is -5.34. The second-order valence-electron chi connectivity index (χ2n) is 12.6. The number of alkyl halides is 3. The molecule has 3 amide bonds. The van der Waals surface area contributed by atoms with Gasteiger partial charge in [-0.05, 0) is 61.9 Å². The Morgan fingerprint density at radius 2 is 1.71 bits per heavy atom. The minimum atomic E-state index is -4.70. The molecule has 3 heterocycles. The SMILES string of the molecule is C=C(C(=O)NCc1nn(-c2ccccc2)c2c1[C@@H](c1ccc(F)cc1)[C@H](NC(=O)c1cccc(C(F)(F)F)c1)C(=O)N2CC)C(C)N1CCOCC1. The molecule has 0 aliphatic carbocycles. The van der Waals surface area contributed by atoms with Gasteiger partial charge in [-0.3, -0.25) is 24.2 Å². The first-order valence-corrected chi connectivity index (χ1v) is 16.9. The summed E-state index contributed by atoms with van der Waals surface area (Å²) in [5, 5.41) is 10.5. The van der Waals surface area contributed by atoms with Gasteiger partial charge < -0.3 is 15.4 Å². The van der Waals surface area contributed by atoms with E-state index in [-0.39, 0.29) is 24.7 Å². The third kappa shape index (κ3) is 7.34. The summed E-state index contributed by atoms with van der Waals surface area (Å²) in [4.78, 5) is 45.2. The number of ether oxygens (including phenoxy) is 1. The van der Waals surface area contributed by atoms with Crippen molar-refractivity contribution in [3.8, 4) is 5.69 Å². The lowest BCUT2D eigenvalue weighted by atomic mass is 9.80. The number of para-hydroxylation sites is 1. The third-order valence-electron chi connectivity index (χ3n) is 9.50. The number of hydrogen-bond donors (Lipinski definition) is 2. The van der Waals surface area contributed by atoms with Gasteiger partial charge >= 0.3 is 6.18 Å². The van der Waals surface area contributed by atoms with Gasteiger partial charge in [0.1, 0.15) is 17.7 Å². The molecule has 14 heteroatoms. The second kappa shape index (κ2) is 15.1. The fourth-order valence-electron chi connectivity index (χ4n) is 6.70. The van der Waals surface area contributed by atoms with Crippen molar-refractivity contribution < 1.29 is 36.7 Å². The summed E-state index contributed by atoms with van der Waals surface area (Å²) >= 11 is 0. The lowest BCUT2D eigenvalue weighted by molar-refractivity contribution is -0.137. The number of rotatable bonds is 10. The van der Waals surface area contributed by atoms with E-state index in [2.05, 4.69) is 22.1 Å². The minimum absolute atomic E-state index is 0.104. The Bertz CT molecular complexity index is 1960. The van der Waals surface area contributed by atoms with Crippen LogP contribution >= 0.6 is 0 Å². The maximum absolute atomic E-state index is 14.5. The van der Waals surface area contributed by atoms with Gasteiger partial charge in [0.25, 0.3) is 11.8 Å². The van der Waals surface area contributed by atoms with Crippen molar-refractivity contribution in [1.82, 2.24) is 25.3 Å². The molecule has 10 nitrogen and oxygen atoms in total. The number of carbonyl (C=O) groups excluding carboxylic acids is 3. The van der Waals surface area contributed by atoms with Crippen molar-refractivity contribution in [2.24, 2.45) is 0 Å². The summed E-state index contributed by atoms with van der Waals surface area (Å²) in [6.07, 6.45) is -4.70. The summed E-state index contributed by atoms with van der Waals surface area (Å²) in [5.74, 6) is -3.01. The van der Waals surface area contributed by atoms with E-state index in [9.17, 15) is 31.9 Å². The summed E-state index contributed by atoms with van der Waals surface area (Å²) in [5.41, 5.74) is 0.897. The van der Waals surface area contributed by atoms with E-state index in [1.54, 1.807) is 35.9 Å². The van der Waals surface area contributed by atoms with Crippen LogP contribution in [0.3, 0.4) is 0 Å². The summed E-state index contributed by atoms with van der Waals surface area (Å²) < 4.78 is 62.0. The summed E-state index contributed by atoms with van der Waals surface area (Å²) in [6, 6.07) is 16.7. The van der Waals surface area contributed by atoms with E-state index < -0.39 is 47.2 Å². The van der Waals surface area contributed by atoms with Crippen LogP contribution in [0, 0.1) is 5.82 Å². The lowest BCUT2D eigenvalue weighted by Crippen LogP contribution is -2.55. The van der Waals surface area contributed by atoms with Crippen LogP contribution in [-0.2, 0) is 27.0 Å². The van der Waals surface area contributed by atoms with Crippen LogP contribution in [0.15, 0.2) is 91.0 Å². The maximum atomic E-state index is 14.5. The normalized spacial score (nSPS) is 18.4. The molecule has 1 aromatic heterocycles. The molecule has 0 radical (unpaired) electrons. The molecule has 6 rings (SSSR count). The molecule has 2 N–H and O–H groups in total. The molecule has 2 aliphatic rings. The smallest absolute Gasteiger partial charge is 0.379 e. The Balaban J connectivity index is 1.44. The van der Waals surface area contributed by atoms with Gasteiger partial charge in [-0.1, -0.05) is 43.0 Å². The summed E-state index contributed by atoms with van der Waals surface area (Å²) in [6.45, 7) is 10.1. The number of carbonyl (C=O) groups is 3. The van der Waals surface area contributed by atoms with Crippen LogP contribution in [0.5, 0.6) is 0 Å². The van der Waals surface area contributed by atoms with E-state index in [1.807, 2.05) is 13.0 Å². The molecule has 1 unspecified atom stereocenters. The zero-order valence-corrected chi connectivity index (χ0v) is 28.6. The van der Waals surface area contributed by atoms with Gasteiger partial charge in [0.2, 0.25) is 5.91 Å². The monoisotopic (exact) mass is 718 g/mol. The lowest BCUT2D eigenvalue weighted by Gasteiger charge is -2.38. The van der Waals surface area contributed by atoms with Gasteiger partial charge in [-0.15, -0.1) is 0 Å². The second-order valence-corrected chi connectivity index (χ2v) is 12.6. The highest BCUT2D eigenvalue weighted by molar-refractivity contribution is 6.05. The number of halogens is 4. The number of benzene rings is 3. The first-order valence-electron chi connectivity index (χ1n) is 16.9. The molecule has 0 saturated carbocycles. The van der Waals surface area contributed by atoms with E-state index in [4.69, 9.17) is 9.84 Å². The van der Waals surface area contributed by atoms with Crippen molar-refractivity contribution in [3.05, 3.63) is 125 Å². The molecule has 1 fully saturated rings. The van der Waals surface area contributed by atoms with Crippen LogP contribution in [0.4, 0.5) is 23.4 Å². The average Bonchev–Trinajstić information content (AvgIpc) is 3.53. The number of morpholine rings is 1. The predicted octanol–water partition coefficient (Wildman–Crippen LogP) is 5.22. The van der Waals surface area contributed by atoms with Gasteiger partial charge in [-0.2, -0.15) is 18.3 Å². The summed E-state index contributed by atoms with van der Waals surface area (Å²) in [7, 11) is 0.